The van der Waals surface area contributed by atoms with Crippen molar-refractivity contribution in [3.8, 4) is 0 Å². The van der Waals surface area contributed by atoms with E-state index in [0.29, 0.717) is 11.3 Å². The van der Waals surface area contributed by atoms with Crippen molar-refractivity contribution in [1.82, 2.24) is 5.32 Å². The van der Waals surface area contributed by atoms with Crippen molar-refractivity contribution in [2.45, 2.75) is 26.5 Å². The summed E-state index contributed by atoms with van der Waals surface area (Å²) in [6, 6.07) is 9.35. The second-order valence-corrected chi connectivity index (χ2v) is 5.52. The molecular formula is C17H20N2O4. The van der Waals surface area contributed by atoms with E-state index in [1.807, 2.05) is 13.8 Å². The number of anilines is 1. The molecule has 2 amide bonds. The molecule has 1 aromatic carbocycles. The van der Waals surface area contributed by atoms with E-state index in [-0.39, 0.29) is 24.2 Å². The van der Waals surface area contributed by atoms with Gasteiger partial charge in [-0.25, -0.2) is 0 Å². The highest BCUT2D eigenvalue weighted by atomic mass is 16.3. The lowest BCUT2D eigenvalue weighted by atomic mass is 10.0. The van der Waals surface area contributed by atoms with Gasteiger partial charge in [-0.15, -0.1) is 0 Å². The molecule has 2 rings (SSSR count). The molecule has 1 aromatic heterocycles. The topological polar surface area (TPSA) is 91.6 Å². The normalized spacial score (nSPS) is 12.0. The van der Waals surface area contributed by atoms with Crippen molar-refractivity contribution in [2.24, 2.45) is 5.92 Å². The average Bonchev–Trinajstić information content (AvgIpc) is 3.06. The van der Waals surface area contributed by atoms with Gasteiger partial charge in [0.15, 0.2) is 5.76 Å². The fourth-order valence-electron chi connectivity index (χ4n) is 2.12. The van der Waals surface area contributed by atoms with E-state index in [1.165, 1.54) is 12.3 Å². The Balaban J connectivity index is 2.07. The Labute approximate surface area is 134 Å². The number of carbonyl (C=O) groups is 2. The predicted octanol–water partition coefficient (Wildman–Crippen LogP) is 2.17. The first-order chi connectivity index (χ1) is 11.0. The van der Waals surface area contributed by atoms with Gasteiger partial charge in [0.25, 0.3) is 5.91 Å². The van der Waals surface area contributed by atoms with E-state index in [9.17, 15) is 9.59 Å². The van der Waals surface area contributed by atoms with Crippen molar-refractivity contribution in [3.63, 3.8) is 0 Å². The summed E-state index contributed by atoms with van der Waals surface area (Å²) in [5.41, 5.74) is 1.27. The lowest BCUT2D eigenvalue weighted by molar-refractivity contribution is -0.118. The molecule has 0 saturated carbocycles. The standard InChI is InChI=1S/C17H20N2O4/c1-11(2)15(19-16(21)14-7-4-8-23-14)17(22)18-13-6-3-5-12(9-13)10-20/h3-9,11,15,20H,10H2,1-2H3,(H,18,22)(H,19,21). The number of carbonyl (C=O) groups excluding carboxylic acids is 2. The van der Waals surface area contributed by atoms with Crippen molar-refractivity contribution in [3.05, 3.63) is 54.0 Å². The van der Waals surface area contributed by atoms with Crippen LogP contribution in [-0.4, -0.2) is 23.0 Å². The molecule has 122 valence electrons. The largest absolute Gasteiger partial charge is 0.459 e. The number of amides is 2. The highest BCUT2D eigenvalue weighted by molar-refractivity contribution is 6.00. The van der Waals surface area contributed by atoms with Crippen molar-refractivity contribution >= 4 is 17.5 Å². The molecule has 1 heterocycles. The van der Waals surface area contributed by atoms with Gasteiger partial charge in [0, 0.05) is 5.69 Å². The molecule has 2 aromatic rings. The van der Waals surface area contributed by atoms with Crippen molar-refractivity contribution in [1.29, 1.82) is 0 Å². The molecule has 0 radical (unpaired) electrons. The maximum Gasteiger partial charge on any atom is 0.287 e. The first kappa shape index (κ1) is 16.8. The minimum atomic E-state index is -0.703. The summed E-state index contributed by atoms with van der Waals surface area (Å²) >= 11 is 0. The third-order valence-electron chi connectivity index (χ3n) is 3.36. The van der Waals surface area contributed by atoms with Crippen LogP contribution in [0.4, 0.5) is 5.69 Å². The van der Waals surface area contributed by atoms with Gasteiger partial charge in [0.2, 0.25) is 5.91 Å². The van der Waals surface area contributed by atoms with Crippen LogP contribution < -0.4 is 10.6 Å². The van der Waals surface area contributed by atoms with Gasteiger partial charge in [0.1, 0.15) is 6.04 Å². The van der Waals surface area contributed by atoms with Crippen LogP contribution in [0, 0.1) is 5.92 Å². The fourth-order valence-corrected chi connectivity index (χ4v) is 2.12. The first-order valence-electron chi connectivity index (χ1n) is 7.36. The van der Waals surface area contributed by atoms with Crippen LogP contribution in [0.25, 0.3) is 0 Å². The summed E-state index contributed by atoms with van der Waals surface area (Å²) in [5.74, 6) is -0.705. The molecule has 3 N–H and O–H groups in total. The fraction of sp³-hybridized carbons (Fsp3) is 0.294. The van der Waals surface area contributed by atoms with Crippen LogP contribution in [0.5, 0.6) is 0 Å². The Morgan fingerprint density at radius 1 is 1.22 bits per heavy atom. The number of furan rings is 1. The smallest absolute Gasteiger partial charge is 0.287 e. The Hall–Kier alpha value is -2.60. The maximum atomic E-state index is 12.4. The molecule has 0 aliphatic heterocycles. The zero-order chi connectivity index (χ0) is 16.8. The first-order valence-corrected chi connectivity index (χ1v) is 7.36. The molecule has 0 bridgehead atoms. The SMILES string of the molecule is CC(C)C(NC(=O)c1ccco1)C(=O)Nc1cccc(CO)c1. The van der Waals surface area contributed by atoms with Gasteiger partial charge in [-0.1, -0.05) is 26.0 Å². The van der Waals surface area contributed by atoms with E-state index in [2.05, 4.69) is 10.6 Å². The van der Waals surface area contributed by atoms with Crippen LogP contribution in [0.15, 0.2) is 47.1 Å². The third kappa shape index (κ3) is 4.43. The number of aliphatic hydroxyl groups excluding tert-OH is 1. The van der Waals surface area contributed by atoms with Gasteiger partial charge in [-0.3, -0.25) is 9.59 Å². The van der Waals surface area contributed by atoms with Gasteiger partial charge in [0.05, 0.1) is 12.9 Å². The molecule has 6 nitrogen and oxygen atoms in total. The minimum Gasteiger partial charge on any atom is -0.459 e. The number of hydrogen-bond acceptors (Lipinski definition) is 4. The van der Waals surface area contributed by atoms with Gasteiger partial charge < -0.3 is 20.2 Å². The van der Waals surface area contributed by atoms with Crippen LogP contribution >= 0.6 is 0 Å². The molecule has 23 heavy (non-hydrogen) atoms. The highest BCUT2D eigenvalue weighted by Crippen LogP contribution is 2.13. The van der Waals surface area contributed by atoms with E-state index in [1.54, 1.807) is 30.3 Å². The second kappa shape index (κ2) is 7.60. The molecule has 0 spiro atoms. The number of benzene rings is 1. The summed E-state index contributed by atoms with van der Waals surface area (Å²) in [6.07, 6.45) is 1.40. The molecule has 6 heteroatoms. The zero-order valence-corrected chi connectivity index (χ0v) is 13.1. The summed E-state index contributed by atoms with van der Waals surface area (Å²) in [5, 5.41) is 14.6. The monoisotopic (exact) mass is 316 g/mol. The van der Waals surface area contributed by atoms with Gasteiger partial charge >= 0.3 is 0 Å². The Kier molecular flexibility index (Phi) is 5.54. The van der Waals surface area contributed by atoms with Gasteiger partial charge in [-0.2, -0.15) is 0 Å². The number of nitrogens with one attached hydrogen (secondary N) is 2. The molecule has 0 saturated heterocycles. The van der Waals surface area contributed by atoms with E-state index >= 15 is 0 Å². The minimum absolute atomic E-state index is 0.102. The lowest BCUT2D eigenvalue weighted by Gasteiger charge is -2.21. The summed E-state index contributed by atoms with van der Waals surface area (Å²) in [6.45, 7) is 3.58. The number of hydrogen-bond donors (Lipinski definition) is 3. The van der Waals surface area contributed by atoms with E-state index < -0.39 is 11.9 Å². The van der Waals surface area contributed by atoms with Crippen LogP contribution in [0.1, 0.15) is 30.0 Å². The zero-order valence-electron chi connectivity index (χ0n) is 13.1. The number of aliphatic hydroxyl groups is 1. The Morgan fingerprint density at radius 3 is 2.61 bits per heavy atom. The average molecular weight is 316 g/mol. The van der Waals surface area contributed by atoms with Crippen molar-refractivity contribution in [2.75, 3.05) is 5.32 Å². The highest BCUT2D eigenvalue weighted by Gasteiger charge is 2.25. The molecular weight excluding hydrogens is 296 g/mol. The van der Waals surface area contributed by atoms with Gasteiger partial charge in [-0.05, 0) is 35.7 Å². The summed E-state index contributed by atoms with van der Waals surface area (Å²) < 4.78 is 5.03. The Bertz CT molecular complexity index is 665. The molecule has 0 fully saturated rings. The Morgan fingerprint density at radius 2 is 2.00 bits per heavy atom. The van der Waals surface area contributed by atoms with Crippen LogP contribution in [0.2, 0.25) is 0 Å². The molecule has 1 unspecified atom stereocenters. The van der Waals surface area contributed by atoms with Crippen LogP contribution in [-0.2, 0) is 11.4 Å². The van der Waals surface area contributed by atoms with E-state index in [0.717, 1.165) is 0 Å². The molecule has 0 aliphatic carbocycles. The maximum absolute atomic E-state index is 12.4. The predicted molar refractivity (Wildman–Crippen MR) is 85.8 cm³/mol. The van der Waals surface area contributed by atoms with Crippen LogP contribution in [0.3, 0.4) is 0 Å². The summed E-state index contributed by atoms with van der Waals surface area (Å²) in [4.78, 5) is 24.5. The second-order valence-electron chi connectivity index (χ2n) is 5.52. The molecule has 1 atom stereocenters. The third-order valence-corrected chi connectivity index (χ3v) is 3.36. The van der Waals surface area contributed by atoms with Crippen molar-refractivity contribution < 1.29 is 19.1 Å². The summed E-state index contributed by atoms with van der Waals surface area (Å²) in [7, 11) is 0. The molecule has 0 aliphatic rings. The number of rotatable bonds is 6. The quantitative estimate of drug-likeness (QED) is 0.761. The van der Waals surface area contributed by atoms with E-state index in [4.69, 9.17) is 9.52 Å². The lowest BCUT2D eigenvalue weighted by Crippen LogP contribution is -2.47.